The maximum Gasteiger partial charge on any atom is 0.238 e. The topological polar surface area (TPSA) is 61.4 Å². The first-order valence-electron chi connectivity index (χ1n) is 17.8. The minimum atomic E-state index is 0.107. The van der Waals surface area contributed by atoms with E-state index in [0.717, 1.165) is 50.3 Å². The van der Waals surface area contributed by atoms with Crippen molar-refractivity contribution in [1.82, 2.24) is 29.1 Å². The number of aromatic nitrogens is 6. The Bertz CT molecular complexity index is 2890. The standard InChI is InChI=1S/C46H30N6S/c1-3-14-29(15-4-1)43-48-44(50-46(49-43)52-38-23-10-7-18-32(38)33-19-8-11-24-39(33)52)35-21-13-20-34-36-28-30(26-27-41(36)53-42(34)35)45-47-37-22-9-12-25-40(37)51(45)31-16-5-2-6-17-31/h1-28,34,42H. The van der Waals surface area contributed by atoms with Gasteiger partial charge in [0.05, 0.1) is 22.1 Å². The highest BCUT2D eigenvalue weighted by molar-refractivity contribution is 8.00. The number of rotatable bonds is 5. The molecule has 1 aliphatic carbocycles. The monoisotopic (exact) mass is 698 g/mol. The third kappa shape index (κ3) is 4.81. The summed E-state index contributed by atoms with van der Waals surface area (Å²) in [6, 6.07) is 52.9. The van der Waals surface area contributed by atoms with E-state index in [1.807, 2.05) is 30.0 Å². The average molecular weight is 699 g/mol. The van der Waals surface area contributed by atoms with Gasteiger partial charge in [-0.05, 0) is 54.1 Å². The highest BCUT2D eigenvalue weighted by atomic mass is 32.2. The number of hydrogen-bond donors (Lipinski definition) is 0. The number of hydrogen-bond acceptors (Lipinski definition) is 5. The Morgan fingerprint density at radius 2 is 1.19 bits per heavy atom. The summed E-state index contributed by atoms with van der Waals surface area (Å²) >= 11 is 1.89. The van der Waals surface area contributed by atoms with Crippen LogP contribution >= 0.6 is 11.8 Å². The molecule has 0 radical (unpaired) electrons. The van der Waals surface area contributed by atoms with E-state index in [0.29, 0.717) is 17.6 Å². The number of para-hydroxylation sites is 5. The molecule has 0 saturated heterocycles. The Morgan fingerprint density at radius 3 is 1.96 bits per heavy atom. The fraction of sp³-hybridized carbons (Fsp3) is 0.0435. The Hall–Kier alpha value is -6.57. The van der Waals surface area contributed by atoms with Gasteiger partial charge in [0.15, 0.2) is 11.6 Å². The zero-order valence-corrected chi connectivity index (χ0v) is 29.2. The summed E-state index contributed by atoms with van der Waals surface area (Å²) in [4.78, 5) is 22.1. The Balaban J connectivity index is 1.04. The van der Waals surface area contributed by atoms with Crippen LogP contribution in [-0.2, 0) is 0 Å². The van der Waals surface area contributed by atoms with Crippen LogP contribution in [-0.4, -0.2) is 34.3 Å². The van der Waals surface area contributed by atoms with E-state index in [9.17, 15) is 0 Å². The van der Waals surface area contributed by atoms with Gasteiger partial charge in [0, 0.05) is 49.2 Å². The van der Waals surface area contributed by atoms with Gasteiger partial charge in [-0.25, -0.2) is 9.97 Å². The van der Waals surface area contributed by atoms with Crippen LogP contribution in [0.3, 0.4) is 0 Å². The molecule has 53 heavy (non-hydrogen) atoms. The first-order chi connectivity index (χ1) is 26.3. The molecule has 7 heteroatoms. The second kappa shape index (κ2) is 12.0. The van der Waals surface area contributed by atoms with Crippen LogP contribution in [0.5, 0.6) is 0 Å². The molecule has 0 amide bonds. The molecule has 9 aromatic rings. The summed E-state index contributed by atoms with van der Waals surface area (Å²) in [5.41, 5.74) is 9.73. The maximum atomic E-state index is 5.30. The lowest BCUT2D eigenvalue weighted by Crippen LogP contribution is -2.17. The van der Waals surface area contributed by atoms with Crippen LogP contribution in [0.1, 0.15) is 17.3 Å². The van der Waals surface area contributed by atoms with E-state index < -0.39 is 0 Å². The lowest BCUT2D eigenvalue weighted by Gasteiger charge is -2.22. The molecule has 2 unspecified atom stereocenters. The minimum Gasteiger partial charge on any atom is -0.292 e. The van der Waals surface area contributed by atoms with E-state index >= 15 is 0 Å². The minimum absolute atomic E-state index is 0.107. The maximum absolute atomic E-state index is 5.30. The molecule has 2 atom stereocenters. The van der Waals surface area contributed by atoms with Gasteiger partial charge in [0.2, 0.25) is 5.95 Å². The zero-order chi connectivity index (χ0) is 34.9. The van der Waals surface area contributed by atoms with Gasteiger partial charge in [-0.15, -0.1) is 11.8 Å². The Kier molecular flexibility index (Phi) is 6.82. The van der Waals surface area contributed by atoms with E-state index in [1.54, 1.807) is 0 Å². The summed E-state index contributed by atoms with van der Waals surface area (Å²) in [5.74, 6) is 3.05. The third-order valence-electron chi connectivity index (χ3n) is 10.4. The molecule has 0 N–H and O–H groups in total. The quantitative estimate of drug-likeness (QED) is 0.179. The Morgan fingerprint density at radius 1 is 0.528 bits per heavy atom. The average Bonchev–Trinajstić information content (AvgIpc) is 3.91. The molecule has 3 aromatic heterocycles. The normalized spacial score (nSPS) is 16.3. The van der Waals surface area contributed by atoms with Crippen molar-refractivity contribution in [2.45, 2.75) is 16.1 Å². The molecule has 6 nitrogen and oxygen atoms in total. The highest BCUT2D eigenvalue weighted by Gasteiger charge is 2.38. The third-order valence-corrected chi connectivity index (χ3v) is 11.8. The van der Waals surface area contributed by atoms with E-state index in [1.165, 1.54) is 21.2 Å². The summed E-state index contributed by atoms with van der Waals surface area (Å²) in [5, 5.41) is 2.45. The molecule has 0 saturated carbocycles. The van der Waals surface area contributed by atoms with E-state index in [-0.39, 0.29) is 11.2 Å². The lowest BCUT2D eigenvalue weighted by atomic mass is 9.87. The first kappa shape index (κ1) is 30.1. The van der Waals surface area contributed by atoms with E-state index in [2.05, 4.69) is 161 Å². The van der Waals surface area contributed by atoms with Crippen LogP contribution in [0.25, 0.3) is 72.8 Å². The van der Waals surface area contributed by atoms with Crippen molar-refractivity contribution in [3.63, 3.8) is 0 Å². The first-order valence-corrected chi connectivity index (χ1v) is 18.7. The molecule has 2 aliphatic rings. The second-order valence-corrected chi connectivity index (χ2v) is 14.6. The van der Waals surface area contributed by atoms with Crippen LogP contribution < -0.4 is 0 Å². The highest BCUT2D eigenvalue weighted by Crippen LogP contribution is 2.53. The van der Waals surface area contributed by atoms with Gasteiger partial charge in [-0.1, -0.05) is 121 Å². The number of nitrogens with zero attached hydrogens (tertiary/aromatic N) is 6. The second-order valence-electron chi connectivity index (χ2n) is 13.4. The predicted octanol–water partition coefficient (Wildman–Crippen LogP) is 10.9. The molecule has 1 aliphatic heterocycles. The van der Waals surface area contributed by atoms with Crippen molar-refractivity contribution in [3.05, 3.63) is 181 Å². The summed E-state index contributed by atoms with van der Waals surface area (Å²) in [6.45, 7) is 0. The van der Waals surface area contributed by atoms with Gasteiger partial charge in [-0.2, -0.15) is 9.97 Å². The summed E-state index contributed by atoms with van der Waals surface area (Å²) in [7, 11) is 0. The molecular formula is C46H30N6S. The fourth-order valence-electron chi connectivity index (χ4n) is 7.97. The smallest absolute Gasteiger partial charge is 0.238 e. The molecule has 4 heterocycles. The molecule has 0 bridgehead atoms. The number of imidazole rings is 1. The SMILES string of the molecule is C1=CC2c3cc(-c4nc5ccccc5n4-c4ccccc4)ccc3SC2C(c2nc(-c3ccccc3)nc(-n3c4ccccc4c4ccccc43)n2)=C1. The lowest BCUT2D eigenvalue weighted by molar-refractivity contribution is 0.866. The van der Waals surface area contributed by atoms with Gasteiger partial charge < -0.3 is 0 Å². The molecule has 0 spiro atoms. The zero-order valence-electron chi connectivity index (χ0n) is 28.4. The van der Waals surface area contributed by atoms with Crippen LogP contribution in [0, 0.1) is 0 Å². The van der Waals surface area contributed by atoms with Crippen molar-refractivity contribution in [2.75, 3.05) is 0 Å². The summed E-state index contributed by atoms with van der Waals surface area (Å²) in [6.07, 6.45) is 6.68. The molecule has 0 fully saturated rings. The van der Waals surface area contributed by atoms with Gasteiger partial charge in [0.25, 0.3) is 0 Å². The largest absolute Gasteiger partial charge is 0.292 e. The molecule has 250 valence electrons. The van der Waals surface area contributed by atoms with Crippen LogP contribution in [0.4, 0.5) is 0 Å². The fourth-order valence-corrected chi connectivity index (χ4v) is 9.42. The Labute approximate surface area is 309 Å². The number of allylic oxidation sites excluding steroid dienone is 3. The number of thioether (sulfide) groups is 1. The molecule has 11 rings (SSSR count). The van der Waals surface area contributed by atoms with Crippen molar-refractivity contribution in [3.8, 4) is 34.4 Å². The number of fused-ring (bicyclic) bond motifs is 7. The summed E-state index contributed by atoms with van der Waals surface area (Å²) < 4.78 is 4.45. The van der Waals surface area contributed by atoms with E-state index in [4.69, 9.17) is 19.9 Å². The molecular weight excluding hydrogens is 669 g/mol. The van der Waals surface area contributed by atoms with Crippen molar-refractivity contribution in [1.29, 1.82) is 0 Å². The predicted molar refractivity (Wildman–Crippen MR) is 216 cm³/mol. The van der Waals surface area contributed by atoms with Crippen molar-refractivity contribution in [2.24, 2.45) is 0 Å². The van der Waals surface area contributed by atoms with Crippen LogP contribution in [0.2, 0.25) is 0 Å². The molecule has 6 aromatic carbocycles. The number of benzene rings is 6. The van der Waals surface area contributed by atoms with Gasteiger partial charge in [0.1, 0.15) is 5.82 Å². The van der Waals surface area contributed by atoms with Crippen molar-refractivity contribution < 1.29 is 0 Å². The van der Waals surface area contributed by atoms with Crippen LogP contribution in [0.15, 0.2) is 175 Å². The van der Waals surface area contributed by atoms with Gasteiger partial charge >= 0.3 is 0 Å². The van der Waals surface area contributed by atoms with Crippen molar-refractivity contribution >= 4 is 50.2 Å². The van der Waals surface area contributed by atoms with Gasteiger partial charge in [-0.3, -0.25) is 9.13 Å².